The maximum absolute atomic E-state index is 12.7. The molecular formula is C21H18ClN2O4S-. The fourth-order valence-corrected chi connectivity index (χ4v) is 3.45. The van der Waals surface area contributed by atoms with Crippen molar-refractivity contribution in [3.05, 3.63) is 82.5 Å². The van der Waals surface area contributed by atoms with Crippen LogP contribution in [0.5, 0.6) is 0 Å². The molecule has 0 fully saturated rings. The number of pyridine rings is 1. The summed E-state index contributed by atoms with van der Waals surface area (Å²) in [6, 6.07) is 15.8. The zero-order chi connectivity index (χ0) is 21.0. The van der Waals surface area contributed by atoms with Crippen LogP contribution in [0.25, 0.3) is 11.3 Å². The van der Waals surface area contributed by atoms with E-state index < -0.39 is 17.5 Å². The summed E-state index contributed by atoms with van der Waals surface area (Å²) in [6.07, 6.45) is 1.04. The molecule has 0 aliphatic carbocycles. The van der Waals surface area contributed by atoms with Gasteiger partial charge in [-0.25, -0.2) is 4.21 Å². The van der Waals surface area contributed by atoms with Crippen LogP contribution in [0.1, 0.15) is 34.5 Å². The molecule has 1 aromatic heterocycles. The fourth-order valence-electron chi connectivity index (χ4n) is 2.89. The maximum Gasteiger partial charge on any atom is 0.255 e. The van der Waals surface area contributed by atoms with Crippen LogP contribution < -0.4 is 5.32 Å². The van der Waals surface area contributed by atoms with E-state index in [0.29, 0.717) is 38.7 Å². The van der Waals surface area contributed by atoms with Crippen LogP contribution in [0.3, 0.4) is 0 Å². The number of aromatic nitrogens is 1. The molecule has 0 aliphatic rings. The van der Waals surface area contributed by atoms with E-state index >= 15 is 0 Å². The van der Waals surface area contributed by atoms with Crippen molar-refractivity contribution >= 4 is 34.6 Å². The molecular weight excluding hydrogens is 412 g/mol. The molecule has 8 heteroatoms. The molecule has 1 N–H and O–H groups in total. The van der Waals surface area contributed by atoms with Gasteiger partial charge in [0.25, 0.3) is 5.91 Å². The first-order chi connectivity index (χ1) is 13.8. The van der Waals surface area contributed by atoms with Crippen molar-refractivity contribution < 1.29 is 17.7 Å². The van der Waals surface area contributed by atoms with Crippen molar-refractivity contribution in [2.75, 3.05) is 5.32 Å². The predicted octanol–water partition coefficient (Wildman–Crippen LogP) is 4.83. The molecule has 0 radical (unpaired) electrons. The minimum Gasteiger partial charge on any atom is -0.750 e. The average molecular weight is 430 g/mol. The Kier molecular flexibility index (Phi) is 6.76. The zero-order valence-corrected chi connectivity index (χ0v) is 17.3. The minimum atomic E-state index is -2.61. The summed E-state index contributed by atoms with van der Waals surface area (Å²) >= 11 is 3.68. The van der Waals surface area contributed by atoms with Gasteiger partial charge < -0.3 is 9.87 Å². The van der Waals surface area contributed by atoms with E-state index in [4.69, 9.17) is 15.8 Å². The third kappa shape index (κ3) is 5.27. The molecule has 1 amide bonds. The normalized spacial score (nSPS) is 13.0. The second-order valence-corrected chi connectivity index (χ2v) is 7.39. The maximum atomic E-state index is 12.7. The SMILES string of the molecule is Cc1cc(C(C)OS(=O)[O-])ccc1C(=O)Nc1ccc(Cl)c(-c2ccccn2)c1. The molecule has 0 saturated heterocycles. The van der Waals surface area contributed by atoms with Crippen LogP contribution >= 0.6 is 11.6 Å². The number of anilines is 1. The summed E-state index contributed by atoms with van der Waals surface area (Å²) in [5.74, 6) is -0.288. The lowest BCUT2D eigenvalue weighted by Crippen LogP contribution is -2.14. The number of carbonyl (C=O) groups is 1. The molecule has 0 spiro atoms. The third-order valence-corrected chi connectivity index (χ3v) is 5.13. The highest BCUT2D eigenvalue weighted by molar-refractivity contribution is 7.74. The second-order valence-electron chi connectivity index (χ2n) is 6.38. The van der Waals surface area contributed by atoms with E-state index in [2.05, 4.69) is 10.3 Å². The largest absolute Gasteiger partial charge is 0.750 e. The number of nitrogens with one attached hydrogen (secondary N) is 1. The summed E-state index contributed by atoms with van der Waals surface area (Å²) in [5.41, 5.74) is 3.84. The smallest absolute Gasteiger partial charge is 0.255 e. The Labute approximate surface area is 176 Å². The molecule has 2 aromatic carbocycles. The first-order valence-corrected chi connectivity index (χ1v) is 10.1. The molecule has 1 heterocycles. The van der Waals surface area contributed by atoms with Gasteiger partial charge in [0.15, 0.2) is 0 Å². The quantitative estimate of drug-likeness (QED) is 0.566. The average Bonchev–Trinajstić information content (AvgIpc) is 2.69. The zero-order valence-electron chi connectivity index (χ0n) is 15.7. The molecule has 0 aliphatic heterocycles. The van der Waals surface area contributed by atoms with E-state index in [1.807, 2.05) is 18.2 Å². The number of halogens is 1. The standard InChI is InChI=1S/C21H19ClN2O4S/c1-13-11-15(14(2)28-29(26)27)6-8-17(13)21(25)24-16-7-9-19(22)18(12-16)20-5-3-4-10-23-20/h3-12,14H,1-2H3,(H,24,25)(H,26,27)/p-1. The Hall–Kier alpha value is -2.58. The van der Waals surface area contributed by atoms with Crippen LogP contribution in [0.4, 0.5) is 5.69 Å². The van der Waals surface area contributed by atoms with Gasteiger partial charge in [0.1, 0.15) is 0 Å². The highest BCUT2D eigenvalue weighted by atomic mass is 35.5. The van der Waals surface area contributed by atoms with E-state index in [1.165, 1.54) is 0 Å². The Morgan fingerprint density at radius 2 is 2.00 bits per heavy atom. The summed E-state index contributed by atoms with van der Waals surface area (Å²) < 4.78 is 26.2. The van der Waals surface area contributed by atoms with E-state index in [0.717, 1.165) is 0 Å². The molecule has 3 aromatic rings. The Balaban J connectivity index is 1.81. The number of carbonyl (C=O) groups excluding carboxylic acids is 1. The van der Waals surface area contributed by atoms with Gasteiger partial charge in [0.05, 0.1) is 28.2 Å². The van der Waals surface area contributed by atoms with E-state index in [-0.39, 0.29) is 5.91 Å². The number of aryl methyl sites for hydroxylation is 1. The number of hydrogen-bond acceptors (Lipinski definition) is 5. The number of benzene rings is 2. The molecule has 2 atom stereocenters. The van der Waals surface area contributed by atoms with Gasteiger partial charge in [-0.05, 0) is 61.4 Å². The minimum absolute atomic E-state index is 0.288. The summed E-state index contributed by atoms with van der Waals surface area (Å²) in [5, 5.41) is 3.40. The number of hydrogen-bond donors (Lipinski definition) is 1. The molecule has 6 nitrogen and oxygen atoms in total. The lowest BCUT2D eigenvalue weighted by Gasteiger charge is -2.16. The number of rotatable bonds is 6. The highest BCUT2D eigenvalue weighted by Gasteiger charge is 2.14. The third-order valence-electron chi connectivity index (χ3n) is 4.35. The van der Waals surface area contributed by atoms with Crippen molar-refractivity contribution in [3.63, 3.8) is 0 Å². The lowest BCUT2D eigenvalue weighted by molar-refractivity contribution is 0.102. The molecule has 2 unspecified atom stereocenters. The van der Waals surface area contributed by atoms with Gasteiger partial charge in [-0.1, -0.05) is 29.8 Å². The van der Waals surface area contributed by atoms with Gasteiger partial charge >= 0.3 is 0 Å². The van der Waals surface area contributed by atoms with Crippen molar-refractivity contribution in [2.24, 2.45) is 0 Å². The molecule has 29 heavy (non-hydrogen) atoms. The van der Waals surface area contributed by atoms with Crippen LogP contribution in [-0.2, 0) is 15.5 Å². The topological polar surface area (TPSA) is 91.4 Å². The van der Waals surface area contributed by atoms with Crippen LogP contribution in [0.15, 0.2) is 60.8 Å². The summed E-state index contributed by atoms with van der Waals surface area (Å²) in [7, 11) is 0. The van der Waals surface area contributed by atoms with Crippen LogP contribution in [0.2, 0.25) is 5.02 Å². The number of amides is 1. The van der Waals surface area contributed by atoms with E-state index in [1.54, 1.807) is 56.4 Å². The highest BCUT2D eigenvalue weighted by Crippen LogP contribution is 2.29. The van der Waals surface area contributed by atoms with Gasteiger partial charge in [0.2, 0.25) is 0 Å². The first kappa shape index (κ1) is 21.1. The van der Waals surface area contributed by atoms with Crippen molar-refractivity contribution in [2.45, 2.75) is 20.0 Å². The Morgan fingerprint density at radius 1 is 1.21 bits per heavy atom. The van der Waals surface area contributed by atoms with Crippen molar-refractivity contribution in [1.82, 2.24) is 4.98 Å². The van der Waals surface area contributed by atoms with Gasteiger partial charge in [0, 0.05) is 23.0 Å². The predicted molar refractivity (Wildman–Crippen MR) is 112 cm³/mol. The summed E-state index contributed by atoms with van der Waals surface area (Å²) in [4.78, 5) is 17.0. The van der Waals surface area contributed by atoms with Crippen molar-refractivity contribution in [1.29, 1.82) is 0 Å². The monoisotopic (exact) mass is 429 g/mol. The number of nitrogens with zero attached hydrogens (tertiary/aromatic N) is 1. The Morgan fingerprint density at radius 3 is 2.66 bits per heavy atom. The molecule has 150 valence electrons. The summed E-state index contributed by atoms with van der Waals surface area (Å²) in [6.45, 7) is 3.40. The first-order valence-electron chi connectivity index (χ1n) is 8.74. The van der Waals surface area contributed by atoms with Crippen molar-refractivity contribution in [3.8, 4) is 11.3 Å². The van der Waals surface area contributed by atoms with Gasteiger partial charge in [-0.15, -0.1) is 0 Å². The van der Waals surface area contributed by atoms with Gasteiger partial charge in [-0.2, -0.15) is 0 Å². The molecule has 0 bridgehead atoms. The second kappa shape index (κ2) is 9.28. The Bertz CT molecular complexity index is 1060. The van der Waals surface area contributed by atoms with E-state index in [9.17, 15) is 13.6 Å². The van der Waals surface area contributed by atoms with Crippen LogP contribution in [-0.4, -0.2) is 19.7 Å². The molecule has 3 rings (SSSR count). The molecule has 0 saturated carbocycles. The van der Waals surface area contributed by atoms with Crippen LogP contribution in [0, 0.1) is 6.92 Å². The lowest BCUT2D eigenvalue weighted by atomic mass is 10.0. The fraction of sp³-hybridized carbons (Fsp3) is 0.143. The van der Waals surface area contributed by atoms with Gasteiger partial charge in [-0.3, -0.25) is 14.0 Å².